The fourth-order valence-electron chi connectivity index (χ4n) is 2.15. The first-order valence-corrected chi connectivity index (χ1v) is 6.78. The van der Waals surface area contributed by atoms with Crippen LogP contribution in [-0.4, -0.2) is 11.9 Å². The molecule has 104 valence electrons. The van der Waals surface area contributed by atoms with Gasteiger partial charge in [-0.05, 0) is 37.6 Å². The Morgan fingerprint density at radius 1 is 1.00 bits per heavy atom. The average Bonchev–Trinajstić information content (AvgIpc) is 2.81. The maximum absolute atomic E-state index is 11.9. The Hall–Kier alpha value is -2.68. The van der Waals surface area contributed by atoms with Gasteiger partial charge in [0.1, 0.15) is 0 Å². The lowest BCUT2D eigenvalue weighted by atomic mass is 10.1. The Morgan fingerprint density at radius 2 is 1.76 bits per heavy atom. The minimum Gasteiger partial charge on any atom is -0.402 e. The van der Waals surface area contributed by atoms with Crippen LogP contribution < -0.4 is 0 Å². The zero-order chi connectivity index (χ0) is 14.8. The highest BCUT2D eigenvalue weighted by Crippen LogP contribution is 2.19. The van der Waals surface area contributed by atoms with Crippen molar-refractivity contribution in [2.24, 2.45) is 4.99 Å². The molecular weight excluding hydrogens is 262 g/mol. The predicted octanol–water partition coefficient (Wildman–Crippen LogP) is 3.65. The summed E-state index contributed by atoms with van der Waals surface area (Å²) in [7, 11) is 0. The molecule has 0 bridgehead atoms. The summed E-state index contributed by atoms with van der Waals surface area (Å²) < 4.78 is 5.25. The molecule has 1 aliphatic rings. The molecule has 0 saturated heterocycles. The molecule has 0 spiro atoms. The molecular formula is C18H15NO2. The van der Waals surface area contributed by atoms with Crippen molar-refractivity contribution in [3.63, 3.8) is 0 Å². The van der Waals surface area contributed by atoms with Crippen LogP contribution in [0.15, 0.2) is 59.2 Å². The highest BCUT2D eigenvalue weighted by Gasteiger charge is 2.23. The van der Waals surface area contributed by atoms with E-state index in [-0.39, 0.29) is 0 Å². The van der Waals surface area contributed by atoms with E-state index in [0.717, 1.165) is 22.3 Å². The number of aryl methyl sites for hydroxylation is 2. The molecule has 0 radical (unpaired) electrons. The summed E-state index contributed by atoms with van der Waals surface area (Å²) in [6, 6.07) is 15.6. The second-order valence-corrected chi connectivity index (χ2v) is 5.12. The molecule has 2 aromatic rings. The maximum atomic E-state index is 11.9. The molecule has 1 aliphatic heterocycles. The number of hydrogen-bond acceptors (Lipinski definition) is 3. The van der Waals surface area contributed by atoms with E-state index in [9.17, 15) is 4.79 Å². The first-order valence-electron chi connectivity index (χ1n) is 6.78. The maximum Gasteiger partial charge on any atom is 0.363 e. The first kappa shape index (κ1) is 13.3. The van der Waals surface area contributed by atoms with Gasteiger partial charge in [0.15, 0.2) is 5.70 Å². The molecule has 3 rings (SSSR count). The number of benzene rings is 2. The van der Waals surface area contributed by atoms with Crippen molar-refractivity contribution in [3.8, 4) is 0 Å². The van der Waals surface area contributed by atoms with E-state index < -0.39 is 5.97 Å². The van der Waals surface area contributed by atoms with Crippen molar-refractivity contribution in [3.05, 3.63) is 76.5 Å². The Labute approximate surface area is 123 Å². The number of ether oxygens (including phenoxy) is 1. The van der Waals surface area contributed by atoms with E-state index >= 15 is 0 Å². The van der Waals surface area contributed by atoms with Crippen molar-refractivity contribution in [2.75, 3.05) is 0 Å². The number of carbonyl (C=O) groups excluding carboxylic acids is 1. The number of aliphatic imine (C=N–C) groups is 1. The fraction of sp³-hybridized carbons (Fsp3) is 0.111. The van der Waals surface area contributed by atoms with Gasteiger partial charge in [0.05, 0.1) is 0 Å². The lowest BCUT2D eigenvalue weighted by Crippen LogP contribution is -2.05. The molecule has 21 heavy (non-hydrogen) atoms. The van der Waals surface area contributed by atoms with Crippen LogP contribution in [0, 0.1) is 13.8 Å². The molecule has 2 aromatic carbocycles. The smallest absolute Gasteiger partial charge is 0.363 e. The van der Waals surface area contributed by atoms with Gasteiger partial charge >= 0.3 is 5.97 Å². The molecule has 0 fully saturated rings. The topological polar surface area (TPSA) is 38.7 Å². The van der Waals surface area contributed by atoms with Gasteiger partial charge in [-0.15, -0.1) is 0 Å². The van der Waals surface area contributed by atoms with Gasteiger partial charge in [-0.2, -0.15) is 0 Å². The van der Waals surface area contributed by atoms with E-state index in [2.05, 4.69) is 4.99 Å². The Kier molecular flexibility index (Phi) is 3.40. The van der Waals surface area contributed by atoms with Crippen molar-refractivity contribution in [1.82, 2.24) is 0 Å². The third-order valence-corrected chi connectivity index (χ3v) is 3.26. The molecule has 3 nitrogen and oxygen atoms in total. The second kappa shape index (κ2) is 5.37. The molecule has 0 atom stereocenters. The predicted molar refractivity (Wildman–Crippen MR) is 83.0 cm³/mol. The van der Waals surface area contributed by atoms with Crippen LogP contribution in [0.4, 0.5) is 0 Å². The highest BCUT2D eigenvalue weighted by atomic mass is 16.6. The van der Waals surface area contributed by atoms with Crippen LogP contribution in [0.5, 0.6) is 0 Å². The lowest BCUT2D eigenvalue weighted by molar-refractivity contribution is -0.129. The van der Waals surface area contributed by atoms with Gasteiger partial charge in [0.25, 0.3) is 0 Å². The van der Waals surface area contributed by atoms with E-state index in [0.29, 0.717) is 11.6 Å². The molecule has 0 aliphatic carbocycles. The summed E-state index contributed by atoms with van der Waals surface area (Å²) in [6.07, 6.45) is 1.75. The summed E-state index contributed by atoms with van der Waals surface area (Å²) in [5.41, 5.74) is 4.37. The van der Waals surface area contributed by atoms with Crippen LogP contribution in [0.25, 0.3) is 6.08 Å². The molecule has 0 unspecified atom stereocenters. The fourth-order valence-corrected chi connectivity index (χ4v) is 2.15. The molecule has 0 saturated carbocycles. The van der Waals surface area contributed by atoms with Gasteiger partial charge in [-0.3, -0.25) is 0 Å². The second-order valence-electron chi connectivity index (χ2n) is 5.12. The molecule has 0 aromatic heterocycles. The van der Waals surface area contributed by atoms with E-state index in [1.54, 1.807) is 6.08 Å². The normalized spacial score (nSPS) is 16.0. The monoisotopic (exact) mass is 277 g/mol. The number of carbonyl (C=O) groups is 1. The summed E-state index contributed by atoms with van der Waals surface area (Å²) in [5, 5.41) is 0. The number of hydrogen-bond donors (Lipinski definition) is 0. The van der Waals surface area contributed by atoms with E-state index in [4.69, 9.17) is 4.74 Å². The molecule has 1 heterocycles. The van der Waals surface area contributed by atoms with Gasteiger partial charge < -0.3 is 4.74 Å². The number of rotatable bonds is 2. The summed E-state index contributed by atoms with van der Waals surface area (Å²) >= 11 is 0. The molecule has 0 amide bonds. The Bertz CT molecular complexity index is 755. The van der Waals surface area contributed by atoms with Crippen LogP contribution in [0.2, 0.25) is 0 Å². The molecule has 0 N–H and O–H groups in total. The van der Waals surface area contributed by atoms with Crippen LogP contribution in [0.3, 0.4) is 0 Å². The Balaban J connectivity index is 1.93. The lowest BCUT2D eigenvalue weighted by Gasteiger charge is -1.99. The summed E-state index contributed by atoms with van der Waals surface area (Å²) in [4.78, 5) is 16.2. The van der Waals surface area contributed by atoms with Crippen molar-refractivity contribution >= 4 is 17.9 Å². The number of cyclic esters (lactones) is 1. The van der Waals surface area contributed by atoms with Crippen molar-refractivity contribution < 1.29 is 9.53 Å². The van der Waals surface area contributed by atoms with Crippen LogP contribution >= 0.6 is 0 Å². The largest absolute Gasteiger partial charge is 0.402 e. The molecule has 3 heteroatoms. The quantitative estimate of drug-likeness (QED) is 0.621. The minimum atomic E-state index is -0.410. The SMILES string of the molecule is Cc1ccc(C2=N/C(=C/c3cccc(C)c3)C(=O)O2)cc1. The first-order chi connectivity index (χ1) is 10.1. The van der Waals surface area contributed by atoms with E-state index in [1.807, 2.05) is 62.4 Å². The minimum absolute atomic E-state index is 0.330. The summed E-state index contributed by atoms with van der Waals surface area (Å²) in [5.74, 6) is -0.0500. The average molecular weight is 277 g/mol. The van der Waals surface area contributed by atoms with Gasteiger partial charge in [-0.25, -0.2) is 9.79 Å². The highest BCUT2D eigenvalue weighted by molar-refractivity contribution is 6.12. The number of esters is 1. The zero-order valence-corrected chi connectivity index (χ0v) is 12.0. The standard InChI is InChI=1S/C18H15NO2/c1-12-6-8-15(9-7-12)17-19-16(18(20)21-17)11-14-5-3-4-13(2)10-14/h3-11H,1-2H3/b16-11+. The van der Waals surface area contributed by atoms with E-state index in [1.165, 1.54) is 0 Å². The third-order valence-electron chi connectivity index (χ3n) is 3.26. The third kappa shape index (κ3) is 2.92. The van der Waals surface area contributed by atoms with Crippen LogP contribution in [-0.2, 0) is 9.53 Å². The zero-order valence-electron chi connectivity index (χ0n) is 12.0. The van der Waals surface area contributed by atoms with Gasteiger partial charge in [-0.1, -0.05) is 47.5 Å². The van der Waals surface area contributed by atoms with Crippen molar-refractivity contribution in [2.45, 2.75) is 13.8 Å². The van der Waals surface area contributed by atoms with Crippen molar-refractivity contribution in [1.29, 1.82) is 0 Å². The number of nitrogens with zero attached hydrogens (tertiary/aromatic N) is 1. The van der Waals surface area contributed by atoms with Gasteiger partial charge in [0.2, 0.25) is 5.90 Å². The Morgan fingerprint density at radius 3 is 2.48 bits per heavy atom. The van der Waals surface area contributed by atoms with Crippen LogP contribution in [0.1, 0.15) is 22.3 Å². The van der Waals surface area contributed by atoms with Gasteiger partial charge in [0, 0.05) is 5.56 Å². The summed E-state index contributed by atoms with van der Waals surface area (Å²) in [6.45, 7) is 4.02.